The van der Waals surface area contributed by atoms with Gasteiger partial charge in [-0.25, -0.2) is 14.2 Å². The Morgan fingerprint density at radius 1 is 1.53 bits per heavy atom. The minimum atomic E-state index is -1.67. The predicted molar refractivity (Wildman–Crippen MR) is 62.5 cm³/mol. The number of hydrogen-bond donors (Lipinski definition) is 1. The van der Waals surface area contributed by atoms with E-state index in [9.17, 15) is 9.18 Å². The summed E-state index contributed by atoms with van der Waals surface area (Å²) in [5.41, 5.74) is -0.456. The zero-order valence-corrected chi connectivity index (χ0v) is 10.6. The largest absolute Gasteiger partial charge is 0.444 e. The Bertz CT molecular complexity index is 389. The summed E-state index contributed by atoms with van der Waals surface area (Å²) in [5.74, 6) is 0. The number of hydrogen-bond acceptors (Lipinski definition) is 3. The zero-order valence-electron chi connectivity index (χ0n) is 9.83. The molecule has 17 heavy (non-hydrogen) atoms. The summed E-state index contributed by atoms with van der Waals surface area (Å²) in [5, 5.41) is 2.32. The number of pyridine rings is 1. The number of aromatic nitrogens is 1. The van der Waals surface area contributed by atoms with Crippen LogP contribution in [0.5, 0.6) is 0 Å². The molecule has 0 fully saturated rings. The molecule has 1 heterocycles. The molecule has 1 rings (SSSR count). The summed E-state index contributed by atoms with van der Waals surface area (Å²) >= 11 is 5.56. The van der Waals surface area contributed by atoms with E-state index in [1.54, 1.807) is 20.8 Å². The number of alkyl halides is 1. The number of amides is 1. The Morgan fingerprint density at radius 3 is 2.65 bits per heavy atom. The van der Waals surface area contributed by atoms with Crippen LogP contribution in [0.3, 0.4) is 0 Å². The molecule has 0 radical (unpaired) electrons. The van der Waals surface area contributed by atoms with Gasteiger partial charge in [0.25, 0.3) is 0 Å². The number of carbonyl (C=O) groups is 1. The first-order chi connectivity index (χ1) is 7.78. The third-order valence-corrected chi connectivity index (χ3v) is 1.91. The summed E-state index contributed by atoms with van der Waals surface area (Å²) in [6.45, 7) is 5.09. The van der Waals surface area contributed by atoms with Gasteiger partial charge in [-0.15, -0.1) is 0 Å². The Morgan fingerprint density at radius 2 is 2.18 bits per heavy atom. The maximum atomic E-state index is 13.6. The highest BCUT2D eigenvalue weighted by atomic mass is 35.5. The average Bonchev–Trinajstić information content (AvgIpc) is 2.15. The van der Waals surface area contributed by atoms with E-state index in [1.165, 1.54) is 18.3 Å². The molecular weight excluding hydrogens is 247 g/mol. The molecule has 94 valence electrons. The standard InChI is InChI=1S/C11H14ClFN2O2/c1-11(2,3)17-10(16)15-9(13)7-4-5-8(12)14-6-7/h4-6,9H,1-3H3,(H,15,16). The van der Waals surface area contributed by atoms with Crippen molar-refractivity contribution in [1.82, 2.24) is 10.3 Å². The van der Waals surface area contributed by atoms with Gasteiger partial charge in [0.1, 0.15) is 10.8 Å². The first kappa shape index (κ1) is 13.7. The molecule has 0 aliphatic carbocycles. The van der Waals surface area contributed by atoms with Gasteiger partial charge in [0, 0.05) is 11.8 Å². The summed E-state index contributed by atoms with van der Waals surface area (Å²) < 4.78 is 18.5. The van der Waals surface area contributed by atoms with Gasteiger partial charge < -0.3 is 4.74 Å². The van der Waals surface area contributed by atoms with Crippen LogP contribution >= 0.6 is 11.6 Å². The monoisotopic (exact) mass is 260 g/mol. The lowest BCUT2D eigenvalue weighted by Gasteiger charge is -2.20. The molecular formula is C11H14ClFN2O2. The Hall–Kier alpha value is -1.36. The molecule has 0 bridgehead atoms. The second-order valence-corrected chi connectivity index (χ2v) is 4.81. The predicted octanol–water partition coefficient (Wildman–Crippen LogP) is 3.23. The van der Waals surface area contributed by atoms with Gasteiger partial charge in [0.2, 0.25) is 6.30 Å². The van der Waals surface area contributed by atoms with Crippen molar-refractivity contribution in [2.75, 3.05) is 0 Å². The number of nitrogens with zero attached hydrogens (tertiary/aromatic N) is 1. The van der Waals surface area contributed by atoms with Crippen molar-refractivity contribution in [1.29, 1.82) is 0 Å². The van der Waals surface area contributed by atoms with Gasteiger partial charge in [0.05, 0.1) is 0 Å². The molecule has 0 aliphatic rings. The van der Waals surface area contributed by atoms with E-state index in [-0.39, 0.29) is 10.7 Å². The van der Waals surface area contributed by atoms with Crippen molar-refractivity contribution in [2.45, 2.75) is 32.7 Å². The molecule has 1 unspecified atom stereocenters. The topological polar surface area (TPSA) is 51.2 Å². The SMILES string of the molecule is CC(C)(C)OC(=O)NC(F)c1ccc(Cl)nc1. The lowest BCUT2D eigenvalue weighted by Crippen LogP contribution is -2.33. The third kappa shape index (κ3) is 4.99. The number of alkyl carbamates (subject to hydrolysis) is 1. The van der Waals surface area contributed by atoms with Crippen molar-refractivity contribution in [3.8, 4) is 0 Å². The maximum Gasteiger partial charge on any atom is 0.410 e. The number of nitrogens with one attached hydrogen (secondary N) is 1. The van der Waals surface area contributed by atoms with Gasteiger partial charge in [-0.1, -0.05) is 11.6 Å². The minimum absolute atomic E-state index is 0.209. The van der Waals surface area contributed by atoms with Crippen LogP contribution in [0.15, 0.2) is 18.3 Å². The second kappa shape index (κ2) is 5.31. The van der Waals surface area contributed by atoms with Gasteiger partial charge in [0.15, 0.2) is 0 Å². The molecule has 1 N–H and O–H groups in total. The normalized spacial score (nSPS) is 13.0. The lowest BCUT2D eigenvalue weighted by atomic mass is 10.2. The maximum absolute atomic E-state index is 13.6. The van der Waals surface area contributed by atoms with Crippen molar-refractivity contribution >= 4 is 17.7 Å². The van der Waals surface area contributed by atoms with E-state index in [0.29, 0.717) is 0 Å². The third-order valence-electron chi connectivity index (χ3n) is 1.69. The summed E-state index contributed by atoms with van der Waals surface area (Å²) in [4.78, 5) is 15.0. The van der Waals surface area contributed by atoms with Crippen molar-refractivity contribution in [2.24, 2.45) is 0 Å². The van der Waals surface area contributed by atoms with Crippen molar-refractivity contribution in [3.63, 3.8) is 0 Å². The molecule has 0 saturated heterocycles. The van der Waals surface area contributed by atoms with E-state index < -0.39 is 18.0 Å². The Balaban J connectivity index is 2.57. The number of halogens is 2. The second-order valence-electron chi connectivity index (χ2n) is 4.42. The van der Waals surface area contributed by atoms with Gasteiger partial charge in [-0.3, -0.25) is 5.32 Å². The molecule has 6 heteroatoms. The quantitative estimate of drug-likeness (QED) is 0.656. The molecule has 4 nitrogen and oxygen atoms in total. The van der Waals surface area contributed by atoms with Crippen molar-refractivity contribution in [3.05, 3.63) is 29.0 Å². The Labute approximate surface area is 104 Å². The highest BCUT2D eigenvalue weighted by Gasteiger charge is 2.20. The number of ether oxygens (including phenoxy) is 1. The molecule has 1 aromatic rings. The van der Waals surface area contributed by atoms with Crippen LogP contribution in [0.2, 0.25) is 5.15 Å². The molecule has 0 aliphatic heterocycles. The van der Waals surface area contributed by atoms with E-state index in [0.717, 1.165) is 0 Å². The van der Waals surface area contributed by atoms with Gasteiger partial charge in [-0.2, -0.15) is 0 Å². The van der Waals surface area contributed by atoms with E-state index in [2.05, 4.69) is 10.3 Å². The van der Waals surface area contributed by atoms with E-state index in [4.69, 9.17) is 16.3 Å². The smallest absolute Gasteiger partial charge is 0.410 e. The summed E-state index contributed by atoms with van der Waals surface area (Å²) in [6, 6.07) is 2.89. The fraction of sp³-hybridized carbons (Fsp3) is 0.455. The van der Waals surface area contributed by atoms with E-state index in [1.807, 2.05) is 0 Å². The fourth-order valence-electron chi connectivity index (χ4n) is 1.03. The molecule has 1 atom stereocenters. The van der Waals surface area contributed by atoms with Crippen molar-refractivity contribution < 1.29 is 13.9 Å². The molecule has 0 aromatic carbocycles. The van der Waals surface area contributed by atoms with Crippen LogP contribution in [-0.4, -0.2) is 16.7 Å². The summed E-state index contributed by atoms with van der Waals surface area (Å²) in [7, 11) is 0. The molecule has 0 saturated carbocycles. The van der Waals surface area contributed by atoms with Crippen LogP contribution < -0.4 is 5.32 Å². The zero-order chi connectivity index (χ0) is 13.1. The van der Waals surface area contributed by atoms with Crippen LogP contribution in [0.25, 0.3) is 0 Å². The first-order valence-electron chi connectivity index (χ1n) is 5.03. The van der Waals surface area contributed by atoms with E-state index >= 15 is 0 Å². The number of rotatable bonds is 2. The lowest BCUT2D eigenvalue weighted by molar-refractivity contribution is 0.0452. The summed E-state index contributed by atoms with van der Waals surface area (Å²) in [6.07, 6.45) is -1.24. The van der Waals surface area contributed by atoms with Crippen LogP contribution in [0, 0.1) is 0 Å². The highest BCUT2D eigenvalue weighted by Crippen LogP contribution is 2.16. The van der Waals surface area contributed by atoms with Crippen LogP contribution in [-0.2, 0) is 4.74 Å². The highest BCUT2D eigenvalue weighted by molar-refractivity contribution is 6.29. The molecule has 1 amide bonds. The molecule has 1 aromatic heterocycles. The average molecular weight is 261 g/mol. The van der Waals surface area contributed by atoms with Crippen LogP contribution in [0.1, 0.15) is 32.6 Å². The van der Waals surface area contributed by atoms with Crippen LogP contribution in [0.4, 0.5) is 9.18 Å². The Kier molecular flexibility index (Phi) is 4.28. The minimum Gasteiger partial charge on any atom is -0.444 e. The first-order valence-corrected chi connectivity index (χ1v) is 5.41. The number of carbonyl (C=O) groups excluding carboxylic acids is 1. The fourth-order valence-corrected chi connectivity index (χ4v) is 1.14. The van der Waals surface area contributed by atoms with Gasteiger partial charge in [-0.05, 0) is 32.9 Å². The molecule has 0 spiro atoms. The van der Waals surface area contributed by atoms with Gasteiger partial charge >= 0.3 is 6.09 Å².